The summed E-state index contributed by atoms with van der Waals surface area (Å²) in [4.78, 5) is 6.93. The quantitative estimate of drug-likeness (QED) is 0.698. The number of hydrogen-bond donors (Lipinski definition) is 0. The van der Waals surface area contributed by atoms with Gasteiger partial charge in [-0.05, 0) is 12.8 Å². The third kappa shape index (κ3) is 2.15. The van der Waals surface area contributed by atoms with E-state index in [4.69, 9.17) is 0 Å². The highest BCUT2D eigenvalue weighted by molar-refractivity contribution is 7.16. The van der Waals surface area contributed by atoms with Crippen LogP contribution in [0, 0.1) is 6.92 Å². The fourth-order valence-corrected chi connectivity index (χ4v) is 2.02. The van der Waals surface area contributed by atoms with Crippen molar-refractivity contribution in [2.24, 2.45) is 0 Å². The maximum Gasteiger partial charge on any atom is 0.194 e. The van der Waals surface area contributed by atoms with Gasteiger partial charge >= 0.3 is 0 Å². The smallest absolute Gasteiger partial charge is 0.194 e. The topological polar surface area (TPSA) is 17.3 Å². The van der Waals surface area contributed by atoms with Crippen molar-refractivity contribution in [2.75, 3.05) is 0 Å². The first-order valence-electron chi connectivity index (χ1n) is 5.12. The first-order chi connectivity index (χ1) is 6.66. The van der Waals surface area contributed by atoms with Crippen LogP contribution < -0.4 is 0 Å². The second kappa shape index (κ2) is 4.60. The average Bonchev–Trinajstić information content (AvgIpc) is 2.64. The third-order valence-electron chi connectivity index (χ3n) is 1.88. The number of aryl methyl sites for hydroxylation is 1. The average molecular weight is 210 g/mol. The second-order valence-electron chi connectivity index (χ2n) is 3.35. The van der Waals surface area contributed by atoms with Gasteiger partial charge in [0, 0.05) is 17.3 Å². The number of rotatable bonds is 1. The fourth-order valence-electron chi connectivity index (χ4n) is 1.21. The highest BCUT2D eigenvalue weighted by Gasteiger charge is 2.06. The number of thiazole rings is 1. The molecule has 14 heavy (non-hydrogen) atoms. The lowest BCUT2D eigenvalue weighted by Gasteiger charge is -1.95. The summed E-state index contributed by atoms with van der Waals surface area (Å²) in [6, 6.07) is 0. The van der Waals surface area contributed by atoms with Gasteiger partial charge in [-0.25, -0.2) is 4.98 Å². The molecule has 2 aromatic rings. The van der Waals surface area contributed by atoms with Crippen molar-refractivity contribution in [2.45, 2.75) is 40.5 Å². The second-order valence-corrected chi connectivity index (χ2v) is 4.57. The zero-order valence-corrected chi connectivity index (χ0v) is 10.4. The summed E-state index contributed by atoms with van der Waals surface area (Å²) in [6.07, 6.45) is 4.24. The normalized spacial score (nSPS) is 10.4. The van der Waals surface area contributed by atoms with Crippen molar-refractivity contribution >= 4 is 16.3 Å². The molecule has 0 aliphatic rings. The molecule has 3 heteroatoms. The molecule has 0 N–H and O–H groups in total. The van der Waals surface area contributed by atoms with E-state index in [0.717, 1.165) is 4.96 Å². The van der Waals surface area contributed by atoms with Gasteiger partial charge in [-0.2, -0.15) is 0 Å². The van der Waals surface area contributed by atoms with Gasteiger partial charge in [0.2, 0.25) is 0 Å². The Morgan fingerprint density at radius 3 is 2.43 bits per heavy atom. The Kier molecular flexibility index (Phi) is 3.69. The van der Waals surface area contributed by atoms with E-state index in [2.05, 4.69) is 42.5 Å². The van der Waals surface area contributed by atoms with Crippen molar-refractivity contribution in [1.29, 1.82) is 0 Å². The molecule has 0 aliphatic heterocycles. The number of nitrogens with zero attached hydrogens (tertiary/aromatic N) is 2. The van der Waals surface area contributed by atoms with Crippen LogP contribution in [0.2, 0.25) is 0 Å². The Hall–Kier alpha value is -0.830. The molecule has 2 rings (SSSR count). The van der Waals surface area contributed by atoms with Gasteiger partial charge in [-0.15, -0.1) is 11.3 Å². The molecule has 0 aromatic carbocycles. The van der Waals surface area contributed by atoms with Gasteiger partial charge in [-0.3, -0.25) is 4.40 Å². The van der Waals surface area contributed by atoms with Crippen LogP contribution in [0.3, 0.4) is 0 Å². The molecule has 0 bridgehead atoms. The Bertz CT molecular complexity index is 367. The van der Waals surface area contributed by atoms with Crippen LogP contribution in [-0.4, -0.2) is 9.38 Å². The highest BCUT2D eigenvalue weighted by Crippen LogP contribution is 2.20. The molecule has 0 saturated carbocycles. The first kappa shape index (κ1) is 11.2. The number of aromatic nitrogens is 2. The standard InChI is InChI=1S/C9H12N2S.C2H6/c1-6(2)8-5-11-4-7(3)12-9(11)10-8;1-2/h4-6H,1-3H3;1-2H3. The summed E-state index contributed by atoms with van der Waals surface area (Å²) < 4.78 is 2.11. The lowest BCUT2D eigenvalue weighted by Crippen LogP contribution is -1.85. The number of hydrogen-bond acceptors (Lipinski definition) is 2. The molecule has 0 atom stereocenters. The van der Waals surface area contributed by atoms with Crippen LogP contribution in [0.4, 0.5) is 0 Å². The molecule has 0 saturated heterocycles. The van der Waals surface area contributed by atoms with Gasteiger partial charge in [0.1, 0.15) is 0 Å². The Morgan fingerprint density at radius 1 is 1.29 bits per heavy atom. The van der Waals surface area contributed by atoms with Gasteiger partial charge in [0.05, 0.1) is 5.69 Å². The third-order valence-corrected chi connectivity index (χ3v) is 2.79. The summed E-state index contributed by atoms with van der Waals surface area (Å²) in [6.45, 7) is 10.4. The van der Waals surface area contributed by atoms with Gasteiger partial charge in [0.15, 0.2) is 4.96 Å². The lowest BCUT2D eigenvalue weighted by molar-refractivity contribution is 0.834. The van der Waals surface area contributed by atoms with E-state index in [0.29, 0.717) is 5.92 Å². The number of fused-ring (bicyclic) bond motifs is 1. The van der Waals surface area contributed by atoms with E-state index in [1.54, 1.807) is 11.3 Å². The first-order valence-corrected chi connectivity index (χ1v) is 5.93. The molecule has 2 nitrogen and oxygen atoms in total. The molecule has 0 radical (unpaired) electrons. The predicted molar refractivity (Wildman–Crippen MR) is 63.2 cm³/mol. The molecular weight excluding hydrogens is 192 g/mol. The van der Waals surface area contributed by atoms with Crippen LogP contribution in [0.5, 0.6) is 0 Å². The molecule has 0 aliphatic carbocycles. The van der Waals surface area contributed by atoms with Crippen LogP contribution in [-0.2, 0) is 0 Å². The maximum absolute atomic E-state index is 4.51. The summed E-state index contributed by atoms with van der Waals surface area (Å²) >= 11 is 1.74. The summed E-state index contributed by atoms with van der Waals surface area (Å²) in [5.41, 5.74) is 1.18. The molecule has 0 amide bonds. The van der Waals surface area contributed by atoms with Crippen LogP contribution in [0.15, 0.2) is 12.4 Å². The maximum atomic E-state index is 4.51. The molecule has 0 fully saturated rings. The van der Waals surface area contributed by atoms with E-state index in [-0.39, 0.29) is 0 Å². The molecule has 2 heterocycles. The van der Waals surface area contributed by atoms with Crippen molar-refractivity contribution in [3.05, 3.63) is 23.0 Å². The van der Waals surface area contributed by atoms with Crippen molar-refractivity contribution in [1.82, 2.24) is 9.38 Å². The minimum Gasteiger partial charge on any atom is -0.297 e. The van der Waals surface area contributed by atoms with E-state index >= 15 is 0 Å². The molecule has 78 valence electrons. The van der Waals surface area contributed by atoms with Crippen molar-refractivity contribution in [3.8, 4) is 0 Å². The lowest BCUT2D eigenvalue weighted by atomic mass is 10.2. The summed E-state index contributed by atoms with van der Waals surface area (Å²) in [7, 11) is 0. The monoisotopic (exact) mass is 210 g/mol. The van der Waals surface area contributed by atoms with Crippen molar-refractivity contribution in [3.63, 3.8) is 0 Å². The SMILES string of the molecule is CC.Cc1cn2cc(C(C)C)nc2s1. The Balaban J connectivity index is 0.000000461. The highest BCUT2D eigenvalue weighted by atomic mass is 32.1. The summed E-state index contributed by atoms with van der Waals surface area (Å²) in [5, 5.41) is 0. The number of imidazole rings is 1. The molecule has 2 aromatic heterocycles. The van der Waals surface area contributed by atoms with E-state index in [9.17, 15) is 0 Å². The zero-order valence-electron chi connectivity index (χ0n) is 9.53. The zero-order chi connectivity index (χ0) is 10.7. The van der Waals surface area contributed by atoms with E-state index < -0.39 is 0 Å². The minimum atomic E-state index is 0.525. The van der Waals surface area contributed by atoms with Gasteiger partial charge < -0.3 is 0 Å². The van der Waals surface area contributed by atoms with Crippen LogP contribution in [0.25, 0.3) is 4.96 Å². The van der Waals surface area contributed by atoms with Gasteiger partial charge in [-0.1, -0.05) is 27.7 Å². The van der Waals surface area contributed by atoms with Crippen molar-refractivity contribution < 1.29 is 0 Å². The van der Waals surface area contributed by atoms with Crippen LogP contribution in [0.1, 0.15) is 44.2 Å². The molecule has 0 spiro atoms. The largest absolute Gasteiger partial charge is 0.297 e. The fraction of sp³-hybridized carbons (Fsp3) is 0.545. The van der Waals surface area contributed by atoms with E-state index in [1.165, 1.54) is 10.6 Å². The van der Waals surface area contributed by atoms with Crippen LogP contribution >= 0.6 is 11.3 Å². The Labute approximate surface area is 89.6 Å². The summed E-state index contributed by atoms with van der Waals surface area (Å²) in [5.74, 6) is 0.525. The minimum absolute atomic E-state index is 0.525. The predicted octanol–water partition coefficient (Wildman–Crippen LogP) is 3.85. The molecular formula is C11H18N2S. The Morgan fingerprint density at radius 2 is 1.93 bits per heavy atom. The van der Waals surface area contributed by atoms with Gasteiger partial charge in [0.25, 0.3) is 0 Å². The van der Waals surface area contributed by atoms with E-state index in [1.807, 2.05) is 13.8 Å². The molecule has 0 unspecified atom stereocenters.